The summed E-state index contributed by atoms with van der Waals surface area (Å²) < 4.78 is 12.3. The monoisotopic (exact) mass is 452 g/mol. The first-order valence-corrected chi connectivity index (χ1v) is 12.0. The number of aryl methyl sites for hydroxylation is 1. The fraction of sp³-hybridized carbons (Fsp3) is 0.333. The molecule has 2 heterocycles. The summed E-state index contributed by atoms with van der Waals surface area (Å²) in [5.41, 5.74) is 9.08. The Morgan fingerprint density at radius 1 is 0.706 bits per heavy atom. The van der Waals surface area contributed by atoms with Crippen molar-refractivity contribution < 1.29 is 8.83 Å². The molecule has 5 rings (SSSR count). The van der Waals surface area contributed by atoms with E-state index in [-0.39, 0.29) is 10.8 Å². The van der Waals surface area contributed by atoms with Crippen LogP contribution in [0, 0.1) is 6.92 Å². The fourth-order valence-electron chi connectivity index (χ4n) is 4.40. The maximum atomic E-state index is 6.21. The van der Waals surface area contributed by atoms with Crippen molar-refractivity contribution in [2.75, 3.05) is 0 Å². The van der Waals surface area contributed by atoms with Crippen LogP contribution in [-0.4, -0.2) is 9.97 Å². The molecule has 0 atom stereocenters. The predicted octanol–water partition coefficient (Wildman–Crippen LogP) is 8.60. The van der Waals surface area contributed by atoms with E-state index in [1.807, 2.05) is 18.2 Å². The van der Waals surface area contributed by atoms with E-state index in [2.05, 4.69) is 89.8 Å². The van der Waals surface area contributed by atoms with Crippen molar-refractivity contribution in [2.45, 2.75) is 65.7 Å². The second-order valence-electron chi connectivity index (χ2n) is 10.9. The highest BCUT2D eigenvalue weighted by Crippen LogP contribution is 2.34. The Morgan fingerprint density at radius 2 is 1.29 bits per heavy atom. The summed E-state index contributed by atoms with van der Waals surface area (Å²) >= 11 is 0. The summed E-state index contributed by atoms with van der Waals surface area (Å²) in [7, 11) is 0. The summed E-state index contributed by atoms with van der Waals surface area (Å²) in [6, 6.07) is 18.8. The number of hydrogen-bond acceptors (Lipinski definition) is 4. The molecule has 0 unspecified atom stereocenters. The van der Waals surface area contributed by atoms with Gasteiger partial charge < -0.3 is 8.83 Å². The number of hydrogen-bond donors (Lipinski definition) is 0. The lowest BCUT2D eigenvalue weighted by Gasteiger charge is -2.25. The number of fused-ring (bicyclic) bond motifs is 2. The van der Waals surface area contributed by atoms with Crippen LogP contribution in [0.2, 0.25) is 0 Å². The SMILES string of the molecule is CCC(C)(C)c1ccc(-c2nc3ccc(-c4ccc5nc(C(C)(C)C)oc5c4)cc3o2)cc1C. The van der Waals surface area contributed by atoms with Crippen LogP contribution in [0.15, 0.2) is 63.4 Å². The predicted molar refractivity (Wildman–Crippen MR) is 139 cm³/mol. The topological polar surface area (TPSA) is 52.1 Å². The average Bonchev–Trinajstić information content (AvgIpc) is 3.42. The first-order valence-electron chi connectivity index (χ1n) is 12.0. The zero-order valence-electron chi connectivity index (χ0n) is 21.1. The van der Waals surface area contributed by atoms with Crippen LogP contribution < -0.4 is 0 Å². The maximum absolute atomic E-state index is 6.21. The highest BCUT2D eigenvalue weighted by atomic mass is 16.4. The third kappa shape index (κ3) is 3.91. The van der Waals surface area contributed by atoms with Crippen LogP contribution in [0.5, 0.6) is 0 Å². The standard InChI is InChI=1S/C30H32N2O2/c1-8-30(6,7)22-12-9-21(15-18(22)2)27-31-23-13-10-19(16-25(23)33-27)20-11-14-24-26(17-20)34-28(32-24)29(3,4)5/h9-17H,8H2,1-7H3. The van der Waals surface area contributed by atoms with Gasteiger partial charge in [-0.2, -0.15) is 0 Å². The molecular weight excluding hydrogens is 420 g/mol. The fourth-order valence-corrected chi connectivity index (χ4v) is 4.40. The van der Waals surface area contributed by atoms with E-state index in [1.54, 1.807) is 0 Å². The zero-order chi connectivity index (χ0) is 24.3. The van der Waals surface area contributed by atoms with Gasteiger partial charge in [0, 0.05) is 11.0 Å². The van der Waals surface area contributed by atoms with Crippen molar-refractivity contribution in [3.8, 4) is 22.6 Å². The molecule has 2 aromatic heterocycles. The van der Waals surface area contributed by atoms with E-state index in [4.69, 9.17) is 13.8 Å². The van der Waals surface area contributed by atoms with Crippen LogP contribution in [0.1, 0.15) is 65.0 Å². The van der Waals surface area contributed by atoms with Gasteiger partial charge in [-0.05, 0) is 77.4 Å². The Hall–Kier alpha value is -3.40. The molecule has 0 amide bonds. The highest BCUT2D eigenvalue weighted by molar-refractivity contribution is 5.85. The number of nitrogens with zero attached hydrogens (tertiary/aromatic N) is 2. The summed E-state index contributed by atoms with van der Waals surface area (Å²) in [6.45, 7) is 15.3. The van der Waals surface area contributed by atoms with E-state index in [9.17, 15) is 0 Å². The van der Waals surface area contributed by atoms with Gasteiger partial charge in [-0.3, -0.25) is 0 Å². The second kappa shape index (κ2) is 7.83. The minimum atomic E-state index is -0.128. The minimum Gasteiger partial charge on any atom is -0.440 e. The van der Waals surface area contributed by atoms with E-state index in [0.29, 0.717) is 5.89 Å². The lowest BCUT2D eigenvalue weighted by Crippen LogP contribution is -2.16. The molecule has 3 aromatic carbocycles. The molecule has 0 bridgehead atoms. The molecule has 0 radical (unpaired) electrons. The normalized spacial score (nSPS) is 12.7. The summed E-state index contributed by atoms with van der Waals surface area (Å²) in [4.78, 5) is 9.40. The van der Waals surface area contributed by atoms with Gasteiger partial charge in [-0.1, -0.05) is 59.7 Å². The molecule has 174 valence electrons. The van der Waals surface area contributed by atoms with Crippen molar-refractivity contribution in [1.82, 2.24) is 9.97 Å². The highest BCUT2D eigenvalue weighted by Gasteiger charge is 2.22. The molecule has 0 N–H and O–H groups in total. The van der Waals surface area contributed by atoms with Crippen molar-refractivity contribution in [3.63, 3.8) is 0 Å². The van der Waals surface area contributed by atoms with Crippen molar-refractivity contribution in [1.29, 1.82) is 0 Å². The molecule has 0 spiro atoms. The maximum Gasteiger partial charge on any atom is 0.227 e. The summed E-state index contributed by atoms with van der Waals surface area (Å²) in [5.74, 6) is 1.40. The third-order valence-corrected chi connectivity index (χ3v) is 6.84. The van der Waals surface area contributed by atoms with Gasteiger partial charge in [0.05, 0.1) is 0 Å². The molecule has 0 saturated heterocycles. The minimum absolute atomic E-state index is 0.128. The van der Waals surface area contributed by atoms with E-state index in [1.165, 1.54) is 11.1 Å². The Labute approximate surface area is 201 Å². The van der Waals surface area contributed by atoms with Crippen LogP contribution >= 0.6 is 0 Å². The second-order valence-corrected chi connectivity index (χ2v) is 10.9. The smallest absolute Gasteiger partial charge is 0.227 e. The van der Waals surface area contributed by atoms with Gasteiger partial charge in [0.1, 0.15) is 11.0 Å². The molecule has 34 heavy (non-hydrogen) atoms. The van der Waals surface area contributed by atoms with Crippen molar-refractivity contribution >= 4 is 22.2 Å². The first kappa shape index (κ1) is 22.4. The number of rotatable bonds is 4. The van der Waals surface area contributed by atoms with Crippen molar-refractivity contribution in [2.24, 2.45) is 0 Å². The summed E-state index contributed by atoms with van der Waals surface area (Å²) in [6.07, 6.45) is 1.09. The Morgan fingerprint density at radius 3 is 1.88 bits per heavy atom. The Bertz CT molecular complexity index is 1510. The van der Waals surface area contributed by atoms with Gasteiger partial charge >= 0.3 is 0 Å². The van der Waals surface area contributed by atoms with E-state index in [0.717, 1.165) is 51.2 Å². The number of aromatic nitrogens is 2. The quantitative estimate of drug-likeness (QED) is 0.274. The molecule has 0 aliphatic carbocycles. The molecule has 0 fully saturated rings. The average molecular weight is 453 g/mol. The zero-order valence-corrected chi connectivity index (χ0v) is 21.1. The van der Waals surface area contributed by atoms with Crippen LogP contribution in [-0.2, 0) is 10.8 Å². The van der Waals surface area contributed by atoms with Gasteiger partial charge in [-0.15, -0.1) is 0 Å². The largest absolute Gasteiger partial charge is 0.440 e. The van der Waals surface area contributed by atoms with Crippen molar-refractivity contribution in [3.05, 3.63) is 71.6 Å². The Kier molecular flexibility index (Phi) is 5.16. The third-order valence-electron chi connectivity index (χ3n) is 6.84. The van der Waals surface area contributed by atoms with E-state index >= 15 is 0 Å². The molecule has 0 saturated carbocycles. The molecular formula is C30H32N2O2. The number of benzene rings is 3. The van der Waals surface area contributed by atoms with Crippen LogP contribution in [0.4, 0.5) is 0 Å². The lowest BCUT2D eigenvalue weighted by molar-refractivity contribution is 0.411. The molecule has 4 heteroatoms. The number of oxazole rings is 2. The molecule has 5 aromatic rings. The van der Waals surface area contributed by atoms with Gasteiger partial charge in [0.15, 0.2) is 11.2 Å². The molecule has 0 aliphatic heterocycles. The van der Waals surface area contributed by atoms with Crippen LogP contribution in [0.25, 0.3) is 44.8 Å². The van der Waals surface area contributed by atoms with Gasteiger partial charge in [0.2, 0.25) is 11.8 Å². The molecule has 0 aliphatic rings. The van der Waals surface area contributed by atoms with E-state index < -0.39 is 0 Å². The first-order chi connectivity index (χ1) is 16.0. The molecule has 4 nitrogen and oxygen atoms in total. The summed E-state index contributed by atoms with van der Waals surface area (Å²) in [5, 5.41) is 0. The van der Waals surface area contributed by atoms with Gasteiger partial charge in [0.25, 0.3) is 0 Å². The van der Waals surface area contributed by atoms with Crippen LogP contribution in [0.3, 0.4) is 0 Å². The Balaban J connectivity index is 1.50. The van der Waals surface area contributed by atoms with Gasteiger partial charge in [-0.25, -0.2) is 9.97 Å². The lowest BCUT2D eigenvalue weighted by atomic mass is 9.79.